The first kappa shape index (κ1) is 18.7. The Morgan fingerprint density at radius 2 is 2.00 bits per heavy atom. The summed E-state index contributed by atoms with van der Waals surface area (Å²) in [5.41, 5.74) is -0.328. The lowest BCUT2D eigenvalue weighted by atomic mass is 10.2. The molecule has 1 aromatic heterocycles. The first-order chi connectivity index (χ1) is 11.8. The number of unbranched alkanes of at least 4 members (excludes halogenated alkanes) is 1. The molecule has 25 heavy (non-hydrogen) atoms. The number of amides is 1. The monoisotopic (exact) mass is 352 g/mol. The second-order valence-corrected chi connectivity index (χ2v) is 5.57. The molecule has 0 fully saturated rings. The molecule has 0 spiro atoms. The standard InChI is InChI=1S/C17H19F3N4O/c1-3-4-8-24(2)16(25)14-10-22-15(11-21-14)23-13-7-5-6-12(9-13)17(18,19)20/h5-7,9-11H,3-4,8H2,1-2H3,(H,22,23). The highest BCUT2D eigenvalue weighted by atomic mass is 19.4. The fraction of sp³-hybridized carbons (Fsp3) is 0.353. The number of halogens is 3. The molecular formula is C17H19F3N4O. The van der Waals surface area contributed by atoms with Crippen LogP contribution in [0.15, 0.2) is 36.7 Å². The fourth-order valence-electron chi connectivity index (χ4n) is 2.12. The van der Waals surface area contributed by atoms with E-state index in [2.05, 4.69) is 15.3 Å². The van der Waals surface area contributed by atoms with Crippen LogP contribution in [0, 0.1) is 0 Å². The van der Waals surface area contributed by atoms with Crippen LogP contribution in [-0.4, -0.2) is 34.4 Å². The van der Waals surface area contributed by atoms with Gasteiger partial charge in [-0.05, 0) is 24.6 Å². The number of rotatable bonds is 6. The average molecular weight is 352 g/mol. The molecule has 0 atom stereocenters. The molecule has 0 aliphatic heterocycles. The maximum Gasteiger partial charge on any atom is 0.416 e. The highest BCUT2D eigenvalue weighted by molar-refractivity contribution is 5.91. The van der Waals surface area contributed by atoms with Gasteiger partial charge < -0.3 is 10.2 Å². The topological polar surface area (TPSA) is 58.1 Å². The number of aromatic nitrogens is 2. The summed E-state index contributed by atoms with van der Waals surface area (Å²) >= 11 is 0. The summed E-state index contributed by atoms with van der Waals surface area (Å²) in [5, 5.41) is 2.75. The third-order valence-corrected chi connectivity index (χ3v) is 3.53. The van der Waals surface area contributed by atoms with Crippen molar-refractivity contribution in [2.24, 2.45) is 0 Å². The van der Waals surface area contributed by atoms with Gasteiger partial charge >= 0.3 is 6.18 Å². The van der Waals surface area contributed by atoms with Gasteiger partial charge in [-0.15, -0.1) is 0 Å². The predicted molar refractivity (Wildman–Crippen MR) is 88.6 cm³/mol. The SMILES string of the molecule is CCCCN(C)C(=O)c1cnc(Nc2cccc(C(F)(F)F)c2)cn1. The van der Waals surface area contributed by atoms with E-state index < -0.39 is 11.7 Å². The Labute approximate surface area is 143 Å². The summed E-state index contributed by atoms with van der Waals surface area (Å²) < 4.78 is 38.1. The number of nitrogens with zero attached hydrogens (tertiary/aromatic N) is 3. The molecule has 2 rings (SSSR count). The van der Waals surface area contributed by atoms with Crippen LogP contribution in [0.5, 0.6) is 0 Å². The van der Waals surface area contributed by atoms with Crippen LogP contribution in [0.25, 0.3) is 0 Å². The van der Waals surface area contributed by atoms with Crippen LogP contribution in [0.3, 0.4) is 0 Å². The van der Waals surface area contributed by atoms with Crippen LogP contribution < -0.4 is 5.32 Å². The van der Waals surface area contributed by atoms with Gasteiger partial charge in [0, 0.05) is 19.3 Å². The Bertz CT molecular complexity index is 717. The summed E-state index contributed by atoms with van der Waals surface area (Å²) in [6, 6.07) is 4.78. The zero-order valence-corrected chi connectivity index (χ0v) is 14.0. The molecule has 1 heterocycles. The number of carbonyl (C=O) groups is 1. The number of anilines is 2. The Morgan fingerprint density at radius 1 is 1.24 bits per heavy atom. The second kappa shape index (κ2) is 7.96. The van der Waals surface area contributed by atoms with Gasteiger partial charge in [-0.1, -0.05) is 19.4 Å². The maximum absolute atomic E-state index is 12.7. The molecule has 0 aliphatic carbocycles. The predicted octanol–water partition coefficient (Wildman–Crippen LogP) is 4.11. The zero-order chi connectivity index (χ0) is 18.4. The summed E-state index contributed by atoms with van der Waals surface area (Å²) in [7, 11) is 1.69. The van der Waals surface area contributed by atoms with Crippen molar-refractivity contribution in [3.63, 3.8) is 0 Å². The Morgan fingerprint density at radius 3 is 2.60 bits per heavy atom. The molecule has 0 unspecified atom stereocenters. The van der Waals surface area contributed by atoms with Gasteiger partial charge in [-0.25, -0.2) is 9.97 Å². The van der Waals surface area contributed by atoms with Gasteiger partial charge in [0.15, 0.2) is 0 Å². The van der Waals surface area contributed by atoms with Crippen LogP contribution in [0.2, 0.25) is 0 Å². The number of benzene rings is 1. The van der Waals surface area contributed by atoms with E-state index in [1.165, 1.54) is 24.5 Å². The molecule has 0 bridgehead atoms. The average Bonchev–Trinajstić information content (AvgIpc) is 2.59. The lowest BCUT2D eigenvalue weighted by Crippen LogP contribution is -2.28. The first-order valence-electron chi connectivity index (χ1n) is 7.83. The van der Waals surface area contributed by atoms with Crippen molar-refractivity contribution in [1.82, 2.24) is 14.9 Å². The van der Waals surface area contributed by atoms with Crippen molar-refractivity contribution in [3.05, 3.63) is 47.9 Å². The Hall–Kier alpha value is -2.64. The summed E-state index contributed by atoms with van der Waals surface area (Å²) in [4.78, 5) is 21.8. The molecular weight excluding hydrogens is 333 g/mol. The zero-order valence-electron chi connectivity index (χ0n) is 14.0. The molecule has 1 amide bonds. The van der Waals surface area contributed by atoms with E-state index in [4.69, 9.17) is 0 Å². The van der Waals surface area contributed by atoms with Gasteiger partial charge in [0.1, 0.15) is 11.5 Å². The van der Waals surface area contributed by atoms with E-state index >= 15 is 0 Å². The van der Waals surface area contributed by atoms with Crippen molar-refractivity contribution < 1.29 is 18.0 Å². The molecule has 5 nitrogen and oxygen atoms in total. The van der Waals surface area contributed by atoms with Crippen LogP contribution in [0.1, 0.15) is 35.8 Å². The number of alkyl halides is 3. The molecule has 0 radical (unpaired) electrons. The molecule has 2 aromatic rings. The largest absolute Gasteiger partial charge is 0.416 e. The number of nitrogens with one attached hydrogen (secondary N) is 1. The Kier molecular flexibility index (Phi) is 5.95. The van der Waals surface area contributed by atoms with Gasteiger partial charge in [0.05, 0.1) is 18.0 Å². The normalized spacial score (nSPS) is 11.2. The molecule has 0 saturated heterocycles. The number of hydrogen-bond donors (Lipinski definition) is 1. The quantitative estimate of drug-likeness (QED) is 0.850. The van der Waals surface area contributed by atoms with Gasteiger partial charge in [-0.3, -0.25) is 4.79 Å². The van der Waals surface area contributed by atoms with Gasteiger partial charge in [-0.2, -0.15) is 13.2 Å². The van der Waals surface area contributed by atoms with E-state index in [9.17, 15) is 18.0 Å². The molecule has 8 heteroatoms. The second-order valence-electron chi connectivity index (χ2n) is 5.57. The summed E-state index contributed by atoms with van der Waals surface area (Å²) in [6.07, 6.45) is 0.0819. The van der Waals surface area contributed by atoms with Crippen LogP contribution in [-0.2, 0) is 6.18 Å². The highest BCUT2D eigenvalue weighted by Gasteiger charge is 2.30. The minimum Gasteiger partial charge on any atom is -0.340 e. The van der Waals surface area contributed by atoms with Gasteiger partial charge in [0.2, 0.25) is 0 Å². The maximum atomic E-state index is 12.7. The molecule has 1 N–H and O–H groups in total. The Balaban J connectivity index is 2.07. The minimum atomic E-state index is -4.41. The van der Waals surface area contributed by atoms with Gasteiger partial charge in [0.25, 0.3) is 5.91 Å². The third kappa shape index (κ3) is 5.17. The fourth-order valence-corrected chi connectivity index (χ4v) is 2.12. The van der Waals surface area contributed by atoms with E-state index in [0.29, 0.717) is 6.54 Å². The van der Waals surface area contributed by atoms with Crippen molar-refractivity contribution in [1.29, 1.82) is 0 Å². The van der Waals surface area contributed by atoms with Crippen LogP contribution >= 0.6 is 0 Å². The molecule has 1 aromatic carbocycles. The highest BCUT2D eigenvalue weighted by Crippen LogP contribution is 2.31. The first-order valence-corrected chi connectivity index (χ1v) is 7.83. The van der Waals surface area contributed by atoms with Crippen molar-refractivity contribution in [2.45, 2.75) is 25.9 Å². The lowest BCUT2D eigenvalue weighted by molar-refractivity contribution is -0.137. The smallest absolute Gasteiger partial charge is 0.340 e. The van der Waals surface area contributed by atoms with Crippen molar-refractivity contribution >= 4 is 17.4 Å². The summed E-state index contributed by atoms with van der Waals surface area (Å²) in [6.45, 7) is 2.66. The van der Waals surface area contributed by atoms with E-state index in [1.807, 2.05) is 6.92 Å². The molecule has 0 aliphatic rings. The lowest BCUT2D eigenvalue weighted by Gasteiger charge is -2.16. The minimum absolute atomic E-state index is 0.188. The van der Waals surface area contributed by atoms with Crippen molar-refractivity contribution in [3.8, 4) is 0 Å². The summed E-state index contributed by atoms with van der Waals surface area (Å²) in [5.74, 6) is 0.0126. The van der Waals surface area contributed by atoms with E-state index in [0.717, 1.165) is 25.0 Å². The van der Waals surface area contributed by atoms with Crippen LogP contribution in [0.4, 0.5) is 24.7 Å². The third-order valence-electron chi connectivity index (χ3n) is 3.53. The molecule has 134 valence electrons. The molecule has 0 saturated carbocycles. The number of hydrogen-bond acceptors (Lipinski definition) is 4. The van der Waals surface area contributed by atoms with E-state index in [-0.39, 0.29) is 23.1 Å². The number of carbonyl (C=O) groups excluding carboxylic acids is 1. The van der Waals surface area contributed by atoms with E-state index in [1.54, 1.807) is 11.9 Å². The van der Waals surface area contributed by atoms with Crippen molar-refractivity contribution in [2.75, 3.05) is 18.9 Å².